The van der Waals surface area contributed by atoms with Crippen molar-refractivity contribution >= 4 is 11.8 Å². The predicted molar refractivity (Wildman–Crippen MR) is 91.0 cm³/mol. The Kier molecular flexibility index (Phi) is 6.15. The molecule has 3 heteroatoms. The topological polar surface area (TPSA) is 35.2 Å². The highest BCUT2D eigenvalue weighted by atomic mass is 32.2. The van der Waals surface area contributed by atoms with E-state index in [4.69, 9.17) is 10.5 Å². The van der Waals surface area contributed by atoms with E-state index in [9.17, 15) is 0 Å². The zero-order chi connectivity index (χ0) is 15.1. The Morgan fingerprint density at radius 2 is 1.71 bits per heavy atom. The molecule has 0 saturated heterocycles. The highest BCUT2D eigenvalue weighted by Crippen LogP contribution is 2.22. The van der Waals surface area contributed by atoms with Crippen LogP contribution >= 0.6 is 11.8 Å². The molecule has 2 nitrogen and oxygen atoms in total. The zero-order valence-electron chi connectivity index (χ0n) is 12.7. The minimum Gasteiger partial charge on any atom is -0.490 e. The van der Waals surface area contributed by atoms with Crippen molar-refractivity contribution in [2.45, 2.75) is 24.3 Å². The first-order valence-electron chi connectivity index (χ1n) is 7.27. The van der Waals surface area contributed by atoms with Gasteiger partial charge in [-0.25, -0.2) is 0 Å². The normalized spacial score (nSPS) is 13.7. The van der Waals surface area contributed by atoms with Gasteiger partial charge >= 0.3 is 0 Å². The third-order valence-electron chi connectivity index (χ3n) is 3.69. The van der Waals surface area contributed by atoms with Crippen molar-refractivity contribution in [2.75, 3.05) is 12.8 Å². The summed E-state index contributed by atoms with van der Waals surface area (Å²) in [6, 6.07) is 18.7. The summed E-state index contributed by atoms with van der Waals surface area (Å²) in [4.78, 5) is 1.25. The van der Waals surface area contributed by atoms with Crippen molar-refractivity contribution in [3.05, 3.63) is 60.2 Å². The molecule has 0 aliphatic heterocycles. The summed E-state index contributed by atoms with van der Waals surface area (Å²) in [5.74, 6) is 1.22. The van der Waals surface area contributed by atoms with Crippen LogP contribution in [0, 0.1) is 5.92 Å². The summed E-state index contributed by atoms with van der Waals surface area (Å²) >= 11 is 1.73. The second-order valence-electron chi connectivity index (χ2n) is 5.18. The number of benzene rings is 2. The summed E-state index contributed by atoms with van der Waals surface area (Å²) in [5, 5.41) is 0. The molecule has 0 spiro atoms. The predicted octanol–water partition coefficient (Wildman–Crippen LogP) is 3.99. The smallest absolute Gasteiger partial charge is 0.119 e. The summed E-state index contributed by atoms with van der Waals surface area (Å²) in [7, 11) is 0. The van der Waals surface area contributed by atoms with Crippen molar-refractivity contribution in [2.24, 2.45) is 11.7 Å². The molecule has 0 fully saturated rings. The number of hydrogen-bond donors (Lipinski definition) is 1. The fraction of sp³-hybridized carbons (Fsp3) is 0.333. The first-order valence-corrected chi connectivity index (χ1v) is 8.50. The Hall–Kier alpha value is -1.45. The van der Waals surface area contributed by atoms with Crippen molar-refractivity contribution in [3.63, 3.8) is 0 Å². The van der Waals surface area contributed by atoms with Gasteiger partial charge in [0, 0.05) is 10.8 Å². The summed E-state index contributed by atoms with van der Waals surface area (Å²) < 4.78 is 6.05. The van der Waals surface area contributed by atoms with Gasteiger partial charge in [-0.3, -0.25) is 0 Å². The lowest BCUT2D eigenvalue weighted by atomic mass is 9.95. The van der Waals surface area contributed by atoms with Gasteiger partial charge in [0.15, 0.2) is 0 Å². The van der Waals surface area contributed by atoms with Gasteiger partial charge < -0.3 is 10.5 Å². The minimum atomic E-state index is 0.0929. The van der Waals surface area contributed by atoms with Crippen LogP contribution in [0.3, 0.4) is 0 Å². The fourth-order valence-electron chi connectivity index (χ4n) is 2.32. The van der Waals surface area contributed by atoms with Crippen LogP contribution in [0.25, 0.3) is 0 Å². The number of ether oxygens (including phenoxy) is 1. The van der Waals surface area contributed by atoms with Crippen molar-refractivity contribution < 1.29 is 4.74 Å². The highest BCUT2D eigenvalue weighted by molar-refractivity contribution is 7.98. The van der Waals surface area contributed by atoms with Crippen LogP contribution in [-0.2, 0) is 6.42 Å². The van der Waals surface area contributed by atoms with E-state index in [1.807, 2.05) is 18.2 Å². The molecule has 2 unspecified atom stereocenters. The lowest BCUT2D eigenvalue weighted by Crippen LogP contribution is -2.31. The SMILES string of the molecule is CSc1ccc(OC(C)C(CN)Cc2ccccc2)cc1. The summed E-state index contributed by atoms with van der Waals surface area (Å²) in [6.45, 7) is 2.72. The molecule has 112 valence electrons. The molecule has 0 aromatic heterocycles. The maximum absolute atomic E-state index is 6.05. The zero-order valence-corrected chi connectivity index (χ0v) is 13.5. The highest BCUT2D eigenvalue weighted by Gasteiger charge is 2.18. The van der Waals surface area contributed by atoms with E-state index in [2.05, 4.69) is 49.6 Å². The fourth-order valence-corrected chi connectivity index (χ4v) is 2.73. The van der Waals surface area contributed by atoms with Gasteiger partial charge in [0.1, 0.15) is 11.9 Å². The maximum atomic E-state index is 6.05. The first kappa shape index (κ1) is 15.9. The molecule has 2 aromatic rings. The largest absolute Gasteiger partial charge is 0.490 e. The second kappa shape index (κ2) is 8.11. The molecule has 0 bridgehead atoms. The molecular weight excluding hydrogens is 278 g/mol. The molecule has 0 amide bonds. The quantitative estimate of drug-likeness (QED) is 0.785. The molecule has 2 atom stereocenters. The Balaban J connectivity index is 1.97. The Morgan fingerprint density at radius 3 is 2.29 bits per heavy atom. The van der Waals surface area contributed by atoms with Gasteiger partial charge in [-0.2, -0.15) is 0 Å². The van der Waals surface area contributed by atoms with Gasteiger partial charge in [-0.1, -0.05) is 30.3 Å². The van der Waals surface area contributed by atoms with E-state index in [-0.39, 0.29) is 6.10 Å². The molecule has 2 N–H and O–H groups in total. The third kappa shape index (κ3) is 4.80. The number of nitrogens with two attached hydrogens (primary N) is 1. The minimum absolute atomic E-state index is 0.0929. The van der Waals surface area contributed by atoms with Gasteiger partial charge in [0.05, 0.1) is 0 Å². The summed E-state index contributed by atoms with van der Waals surface area (Å²) in [6.07, 6.45) is 3.11. The average molecular weight is 301 g/mol. The third-order valence-corrected chi connectivity index (χ3v) is 4.43. The monoisotopic (exact) mass is 301 g/mol. The van der Waals surface area contributed by atoms with E-state index in [1.54, 1.807) is 11.8 Å². The molecular formula is C18H23NOS. The van der Waals surface area contributed by atoms with E-state index >= 15 is 0 Å². The van der Waals surface area contributed by atoms with Crippen LogP contribution < -0.4 is 10.5 Å². The van der Waals surface area contributed by atoms with Crippen LogP contribution in [0.15, 0.2) is 59.5 Å². The molecule has 0 heterocycles. The van der Waals surface area contributed by atoms with Crippen LogP contribution in [-0.4, -0.2) is 18.9 Å². The molecule has 0 radical (unpaired) electrons. The van der Waals surface area contributed by atoms with Crippen LogP contribution in [0.1, 0.15) is 12.5 Å². The molecule has 0 saturated carbocycles. The van der Waals surface area contributed by atoms with E-state index < -0.39 is 0 Å². The molecule has 0 aliphatic carbocycles. The Labute approximate surface area is 131 Å². The molecule has 2 rings (SSSR count). The van der Waals surface area contributed by atoms with Gasteiger partial charge in [0.25, 0.3) is 0 Å². The van der Waals surface area contributed by atoms with Crippen LogP contribution in [0.4, 0.5) is 0 Å². The van der Waals surface area contributed by atoms with Crippen molar-refractivity contribution in [1.82, 2.24) is 0 Å². The summed E-state index contributed by atoms with van der Waals surface area (Å²) in [5.41, 5.74) is 7.24. The van der Waals surface area contributed by atoms with Crippen molar-refractivity contribution in [3.8, 4) is 5.75 Å². The van der Waals surface area contributed by atoms with E-state index in [1.165, 1.54) is 10.5 Å². The van der Waals surface area contributed by atoms with Crippen molar-refractivity contribution in [1.29, 1.82) is 0 Å². The Morgan fingerprint density at radius 1 is 1.05 bits per heavy atom. The van der Waals surface area contributed by atoms with Gasteiger partial charge in [-0.15, -0.1) is 11.8 Å². The van der Waals surface area contributed by atoms with Crippen LogP contribution in [0.2, 0.25) is 0 Å². The van der Waals surface area contributed by atoms with Crippen LogP contribution in [0.5, 0.6) is 5.75 Å². The molecule has 21 heavy (non-hydrogen) atoms. The lowest BCUT2D eigenvalue weighted by molar-refractivity contribution is 0.154. The Bertz CT molecular complexity index is 527. The van der Waals surface area contributed by atoms with Gasteiger partial charge in [0.2, 0.25) is 0 Å². The lowest BCUT2D eigenvalue weighted by Gasteiger charge is -2.24. The second-order valence-corrected chi connectivity index (χ2v) is 6.06. The van der Waals surface area contributed by atoms with Gasteiger partial charge in [-0.05, 0) is 56.0 Å². The van der Waals surface area contributed by atoms with E-state index in [0.717, 1.165) is 12.2 Å². The number of rotatable bonds is 7. The first-order chi connectivity index (χ1) is 10.2. The number of thioether (sulfide) groups is 1. The van der Waals surface area contributed by atoms with E-state index in [0.29, 0.717) is 12.5 Å². The maximum Gasteiger partial charge on any atom is 0.119 e. The molecule has 2 aromatic carbocycles. The standard InChI is InChI=1S/C18H23NOS/c1-14(20-17-8-10-18(21-2)11-9-17)16(13-19)12-15-6-4-3-5-7-15/h3-11,14,16H,12-13,19H2,1-2H3. The average Bonchev–Trinajstić information content (AvgIpc) is 2.54. The number of hydrogen-bond acceptors (Lipinski definition) is 3. The molecule has 0 aliphatic rings.